The summed E-state index contributed by atoms with van der Waals surface area (Å²) in [6, 6.07) is 15.6. The Morgan fingerprint density at radius 2 is 1.94 bits per heavy atom. The third-order valence-electron chi connectivity index (χ3n) is 5.36. The summed E-state index contributed by atoms with van der Waals surface area (Å²) in [6.07, 6.45) is 0.823. The van der Waals surface area contributed by atoms with Crippen LogP contribution < -0.4 is 9.64 Å². The smallest absolute Gasteiger partial charge is 0.265 e. The number of nitrogens with zero attached hydrogens (tertiary/aromatic N) is 4. The predicted octanol–water partition coefficient (Wildman–Crippen LogP) is 4.39. The Bertz CT molecular complexity index is 1140. The Balaban J connectivity index is 1.41. The second kappa shape index (κ2) is 9.79. The maximum atomic E-state index is 13.2. The molecule has 2 aromatic carbocycles. The van der Waals surface area contributed by atoms with Crippen molar-refractivity contribution in [1.82, 2.24) is 9.88 Å². The van der Waals surface area contributed by atoms with Gasteiger partial charge >= 0.3 is 0 Å². The number of para-hydroxylation sites is 1. The molecule has 1 fully saturated rings. The van der Waals surface area contributed by atoms with Crippen LogP contribution in [0.3, 0.4) is 0 Å². The number of aromatic nitrogens is 1. The fraction of sp³-hybridized carbons (Fsp3) is 0.292. The maximum absolute atomic E-state index is 13.2. The normalized spacial score (nSPS) is 14.0. The highest BCUT2D eigenvalue weighted by Crippen LogP contribution is 2.25. The molecule has 1 aliphatic rings. The lowest BCUT2D eigenvalue weighted by Crippen LogP contribution is -2.35. The van der Waals surface area contributed by atoms with E-state index in [-0.39, 0.29) is 18.3 Å². The van der Waals surface area contributed by atoms with Crippen LogP contribution in [-0.2, 0) is 6.61 Å². The van der Waals surface area contributed by atoms with Gasteiger partial charge in [-0.1, -0.05) is 12.1 Å². The summed E-state index contributed by atoms with van der Waals surface area (Å²) in [6.45, 7) is 4.76. The molecular formula is C24H23FN4O2S. The van der Waals surface area contributed by atoms with Crippen LogP contribution in [0, 0.1) is 24.1 Å². The first-order chi connectivity index (χ1) is 15.5. The van der Waals surface area contributed by atoms with Crippen molar-refractivity contribution >= 4 is 22.9 Å². The highest BCUT2D eigenvalue weighted by molar-refractivity contribution is 7.13. The Hall–Kier alpha value is -3.44. The lowest BCUT2D eigenvalue weighted by Gasteiger charge is -2.24. The molecule has 3 aromatic rings. The molecule has 0 saturated carbocycles. The molecular weight excluding hydrogens is 427 g/mol. The quantitative estimate of drug-likeness (QED) is 0.577. The van der Waals surface area contributed by atoms with E-state index in [9.17, 15) is 14.4 Å². The molecule has 0 bridgehead atoms. The minimum absolute atomic E-state index is 0.0246. The average Bonchev–Trinajstić information content (AvgIpc) is 3.02. The summed E-state index contributed by atoms with van der Waals surface area (Å²) in [5.74, 6) is 0.211. The number of hydrogen-bond acceptors (Lipinski definition) is 6. The molecule has 1 aromatic heterocycles. The van der Waals surface area contributed by atoms with Crippen LogP contribution in [0.4, 0.5) is 10.1 Å². The van der Waals surface area contributed by atoms with E-state index >= 15 is 0 Å². The van der Waals surface area contributed by atoms with Gasteiger partial charge in [0, 0.05) is 26.2 Å². The van der Waals surface area contributed by atoms with Crippen molar-refractivity contribution < 1.29 is 13.9 Å². The lowest BCUT2D eigenvalue weighted by atomic mass is 10.1. The van der Waals surface area contributed by atoms with E-state index in [1.54, 1.807) is 12.1 Å². The molecule has 0 spiro atoms. The van der Waals surface area contributed by atoms with Crippen molar-refractivity contribution in [2.45, 2.75) is 20.0 Å². The number of thiazole rings is 1. The summed E-state index contributed by atoms with van der Waals surface area (Å²) in [5.41, 5.74) is 2.25. The van der Waals surface area contributed by atoms with Crippen LogP contribution in [0.25, 0.3) is 0 Å². The van der Waals surface area contributed by atoms with Crippen LogP contribution in [0.15, 0.2) is 48.5 Å². The van der Waals surface area contributed by atoms with E-state index < -0.39 is 0 Å². The van der Waals surface area contributed by atoms with Crippen LogP contribution in [0.1, 0.15) is 32.4 Å². The summed E-state index contributed by atoms with van der Waals surface area (Å²) in [7, 11) is 0. The minimum atomic E-state index is -0.317. The number of ether oxygens (including phenoxy) is 1. The second-order valence-electron chi connectivity index (χ2n) is 7.53. The van der Waals surface area contributed by atoms with Gasteiger partial charge in [-0.25, -0.2) is 9.37 Å². The molecule has 8 heteroatoms. The molecule has 0 aliphatic carbocycles. The molecule has 1 amide bonds. The fourth-order valence-corrected chi connectivity index (χ4v) is 4.68. The van der Waals surface area contributed by atoms with E-state index in [1.165, 1.54) is 23.5 Å². The summed E-state index contributed by atoms with van der Waals surface area (Å²) >= 11 is 1.34. The highest BCUT2D eigenvalue weighted by atomic mass is 32.1. The molecule has 0 N–H and O–H groups in total. The molecule has 164 valence electrons. The number of amides is 1. The Labute approximate surface area is 190 Å². The maximum Gasteiger partial charge on any atom is 0.265 e. The monoisotopic (exact) mass is 450 g/mol. The first-order valence-electron chi connectivity index (χ1n) is 10.4. The number of carbonyl (C=O) groups is 1. The van der Waals surface area contributed by atoms with Crippen molar-refractivity contribution in [1.29, 1.82) is 5.26 Å². The number of nitriles is 1. The number of benzene rings is 2. The van der Waals surface area contributed by atoms with Gasteiger partial charge in [0.2, 0.25) is 0 Å². The van der Waals surface area contributed by atoms with Crippen LogP contribution in [0.5, 0.6) is 5.75 Å². The number of anilines is 1. The fourth-order valence-electron chi connectivity index (χ4n) is 3.74. The van der Waals surface area contributed by atoms with Gasteiger partial charge in [-0.05, 0) is 49.7 Å². The second-order valence-corrected chi connectivity index (χ2v) is 8.61. The van der Waals surface area contributed by atoms with Gasteiger partial charge in [0.05, 0.1) is 16.9 Å². The SMILES string of the molecule is Cc1nc(COc2ccc(F)cc2)sc1C(=O)N1CCCN(c2ccccc2C#N)CC1. The van der Waals surface area contributed by atoms with E-state index in [1.807, 2.05) is 36.1 Å². The largest absolute Gasteiger partial charge is 0.486 e. The molecule has 32 heavy (non-hydrogen) atoms. The lowest BCUT2D eigenvalue weighted by molar-refractivity contribution is 0.0771. The summed E-state index contributed by atoms with van der Waals surface area (Å²) in [4.78, 5) is 22.4. The van der Waals surface area contributed by atoms with Gasteiger partial charge < -0.3 is 14.5 Å². The standard InChI is InChI=1S/C24H23FN4O2S/c1-17-23(32-22(27-17)16-31-20-9-7-19(25)8-10-20)24(30)29-12-4-11-28(13-14-29)21-6-3-2-5-18(21)15-26/h2-3,5-10H,4,11-14,16H2,1H3. The van der Waals surface area contributed by atoms with Gasteiger partial charge in [0.25, 0.3) is 5.91 Å². The number of hydrogen-bond donors (Lipinski definition) is 0. The Morgan fingerprint density at radius 3 is 2.72 bits per heavy atom. The van der Waals surface area contributed by atoms with Gasteiger partial charge in [0.15, 0.2) is 0 Å². The Morgan fingerprint density at radius 1 is 1.16 bits per heavy atom. The predicted molar refractivity (Wildman–Crippen MR) is 121 cm³/mol. The Kier molecular flexibility index (Phi) is 6.66. The zero-order chi connectivity index (χ0) is 22.5. The molecule has 4 rings (SSSR count). The molecule has 0 radical (unpaired) electrons. The zero-order valence-corrected chi connectivity index (χ0v) is 18.6. The molecule has 2 heterocycles. The van der Waals surface area contributed by atoms with E-state index in [0.29, 0.717) is 46.5 Å². The van der Waals surface area contributed by atoms with Gasteiger partial charge in [-0.15, -0.1) is 11.3 Å². The third-order valence-corrected chi connectivity index (χ3v) is 6.48. The molecule has 1 saturated heterocycles. The van der Waals surface area contributed by atoms with Crippen LogP contribution >= 0.6 is 11.3 Å². The van der Waals surface area contributed by atoms with Crippen molar-refractivity contribution in [2.24, 2.45) is 0 Å². The first kappa shape index (κ1) is 21.8. The van der Waals surface area contributed by atoms with Crippen molar-refractivity contribution in [2.75, 3.05) is 31.1 Å². The first-order valence-corrected chi connectivity index (χ1v) is 11.2. The van der Waals surface area contributed by atoms with E-state index in [0.717, 1.165) is 18.7 Å². The van der Waals surface area contributed by atoms with Gasteiger partial charge in [-0.3, -0.25) is 4.79 Å². The van der Waals surface area contributed by atoms with E-state index in [4.69, 9.17) is 4.74 Å². The van der Waals surface area contributed by atoms with Crippen LogP contribution in [-0.4, -0.2) is 42.0 Å². The highest BCUT2D eigenvalue weighted by Gasteiger charge is 2.25. The summed E-state index contributed by atoms with van der Waals surface area (Å²) < 4.78 is 18.7. The number of aryl methyl sites for hydroxylation is 1. The van der Waals surface area contributed by atoms with E-state index in [2.05, 4.69) is 16.0 Å². The van der Waals surface area contributed by atoms with Crippen LogP contribution in [0.2, 0.25) is 0 Å². The molecule has 6 nitrogen and oxygen atoms in total. The number of rotatable bonds is 5. The topological polar surface area (TPSA) is 69.5 Å². The molecule has 0 atom stereocenters. The number of halogens is 1. The van der Waals surface area contributed by atoms with Gasteiger partial charge in [-0.2, -0.15) is 5.26 Å². The number of carbonyl (C=O) groups excluding carboxylic acids is 1. The van der Waals surface area contributed by atoms with Crippen molar-refractivity contribution in [3.8, 4) is 11.8 Å². The molecule has 1 aliphatic heterocycles. The minimum Gasteiger partial charge on any atom is -0.486 e. The van der Waals surface area contributed by atoms with Crippen molar-refractivity contribution in [3.63, 3.8) is 0 Å². The third kappa shape index (κ3) is 4.89. The average molecular weight is 451 g/mol. The molecule has 0 unspecified atom stereocenters. The summed E-state index contributed by atoms with van der Waals surface area (Å²) in [5, 5.41) is 10.1. The van der Waals surface area contributed by atoms with Gasteiger partial charge in [0.1, 0.15) is 34.1 Å². The van der Waals surface area contributed by atoms with Crippen molar-refractivity contribution in [3.05, 3.63) is 75.5 Å². The zero-order valence-electron chi connectivity index (χ0n) is 17.8.